The van der Waals surface area contributed by atoms with Gasteiger partial charge in [-0.25, -0.2) is 9.69 Å². The first kappa shape index (κ1) is 17.3. The van der Waals surface area contributed by atoms with Crippen LogP contribution < -0.4 is 5.32 Å². The molecule has 1 fully saturated rings. The average molecular weight is 351 g/mol. The highest BCUT2D eigenvalue weighted by Gasteiger charge is 2.45. The highest BCUT2D eigenvalue weighted by Crippen LogP contribution is 2.16. The van der Waals surface area contributed by atoms with E-state index in [2.05, 4.69) is 5.32 Å². The number of carbonyl (C=O) groups excluding carboxylic acids is 4. The fraction of sp³-hybridized carbons (Fsp3) is 0.158. The number of hydrogen-bond acceptors (Lipinski definition) is 4. The molecule has 0 bridgehead atoms. The number of benzene rings is 2. The standard InChI is InChI=1S/C19H17N3O4/c1-13-6-5-9-15(10-13)20-16(23)12-22-18(25)17(24)21(19(22)26)11-14-7-3-2-4-8-14/h2-10H,11-12H2,1H3,(H,20,23). The second-order valence-electron chi connectivity index (χ2n) is 5.97. The molecule has 0 unspecified atom stereocenters. The van der Waals surface area contributed by atoms with Gasteiger partial charge in [0.1, 0.15) is 6.54 Å². The lowest BCUT2D eigenvalue weighted by molar-refractivity contribution is -0.143. The van der Waals surface area contributed by atoms with Crippen LogP contribution in [0.15, 0.2) is 54.6 Å². The molecule has 0 aliphatic carbocycles. The smallest absolute Gasteiger partial charge is 0.325 e. The zero-order valence-electron chi connectivity index (χ0n) is 14.1. The number of carbonyl (C=O) groups is 4. The second kappa shape index (κ2) is 7.18. The number of rotatable bonds is 5. The molecule has 1 saturated heterocycles. The van der Waals surface area contributed by atoms with Gasteiger partial charge in [-0.3, -0.25) is 19.3 Å². The van der Waals surface area contributed by atoms with E-state index in [0.717, 1.165) is 10.5 Å². The maximum atomic E-state index is 12.4. The number of urea groups is 1. The summed E-state index contributed by atoms with van der Waals surface area (Å²) in [6, 6.07) is 15.2. The lowest BCUT2D eigenvalue weighted by atomic mass is 10.2. The van der Waals surface area contributed by atoms with E-state index in [1.165, 1.54) is 0 Å². The summed E-state index contributed by atoms with van der Waals surface area (Å²) in [6.07, 6.45) is 0. The Morgan fingerprint density at radius 2 is 1.62 bits per heavy atom. The molecular formula is C19H17N3O4. The van der Waals surface area contributed by atoms with Crippen molar-refractivity contribution in [3.05, 3.63) is 65.7 Å². The monoisotopic (exact) mass is 351 g/mol. The first-order valence-electron chi connectivity index (χ1n) is 8.03. The number of imide groups is 2. The van der Waals surface area contributed by atoms with Gasteiger partial charge in [0.2, 0.25) is 5.91 Å². The van der Waals surface area contributed by atoms with Gasteiger partial charge in [-0.15, -0.1) is 0 Å². The van der Waals surface area contributed by atoms with Gasteiger partial charge in [0.05, 0.1) is 6.54 Å². The fourth-order valence-corrected chi connectivity index (χ4v) is 2.66. The molecule has 1 N–H and O–H groups in total. The molecule has 2 aromatic carbocycles. The topological polar surface area (TPSA) is 86.8 Å². The summed E-state index contributed by atoms with van der Waals surface area (Å²) in [6.45, 7) is 1.35. The molecule has 3 rings (SSSR count). The van der Waals surface area contributed by atoms with E-state index in [1.54, 1.807) is 42.5 Å². The number of nitrogens with one attached hydrogen (secondary N) is 1. The SMILES string of the molecule is Cc1cccc(NC(=O)CN2C(=O)C(=O)N(Cc3ccccc3)C2=O)c1. The van der Waals surface area contributed by atoms with E-state index in [-0.39, 0.29) is 6.54 Å². The van der Waals surface area contributed by atoms with Crippen molar-refractivity contribution < 1.29 is 19.2 Å². The Balaban J connectivity index is 1.68. The Hall–Kier alpha value is -3.48. The molecular weight excluding hydrogens is 334 g/mol. The summed E-state index contributed by atoms with van der Waals surface area (Å²) in [5, 5.41) is 2.62. The summed E-state index contributed by atoms with van der Waals surface area (Å²) in [4.78, 5) is 50.3. The molecule has 7 nitrogen and oxygen atoms in total. The summed E-state index contributed by atoms with van der Waals surface area (Å²) >= 11 is 0. The van der Waals surface area contributed by atoms with Gasteiger partial charge >= 0.3 is 17.8 Å². The average Bonchev–Trinajstić information content (AvgIpc) is 2.81. The van der Waals surface area contributed by atoms with E-state index in [4.69, 9.17) is 0 Å². The van der Waals surface area contributed by atoms with Crippen LogP contribution in [-0.4, -0.2) is 40.1 Å². The van der Waals surface area contributed by atoms with Gasteiger partial charge in [0.25, 0.3) is 0 Å². The van der Waals surface area contributed by atoms with E-state index >= 15 is 0 Å². The van der Waals surface area contributed by atoms with Crippen molar-refractivity contribution >= 4 is 29.4 Å². The van der Waals surface area contributed by atoms with Gasteiger partial charge < -0.3 is 5.32 Å². The Labute approximate surface area is 150 Å². The first-order valence-corrected chi connectivity index (χ1v) is 8.03. The normalized spacial score (nSPS) is 14.1. The largest absolute Gasteiger partial charge is 0.335 e. The van der Waals surface area contributed by atoms with Crippen molar-refractivity contribution in [3.63, 3.8) is 0 Å². The van der Waals surface area contributed by atoms with Crippen molar-refractivity contribution in [3.8, 4) is 0 Å². The zero-order valence-corrected chi connectivity index (χ0v) is 14.1. The summed E-state index contributed by atoms with van der Waals surface area (Å²) in [5.41, 5.74) is 2.23. The summed E-state index contributed by atoms with van der Waals surface area (Å²) in [5.74, 6) is -2.47. The number of anilines is 1. The molecule has 1 heterocycles. The Kier molecular flexibility index (Phi) is 4.79. The summed E-state index contributed by atoms with van der Waals surface area (Å²) in [7, 11) is 0. The van der Waals surface area contributed by atoms with Gasteiger partial charge in [0.15, 0.2) is 0 Å². The second-order valence-corrected chi connectivity index (χ2v) is 5.97. The molecule has 0 radical (unpaired) electrons. The number of nitrogens with zero attached hydrogens (tertiary/aromatic N) is 2. The molecule has 7 heteroatoms. The predicted molar refractivity (Wildman–Crippen MR) is 93.9 cm³/mol. The minimum Gasteiger partial charge on any atom is -0.325 e. The molecule has 26 heavy (non-hydrogen) atoms. The number of hydrogen-bond donors (Lipinski definition) is 1. The molecule has 0 aromatic heterocycles. The van der Waals surface area contributed by atoms with Crippen molar-refractivity contribution in [1.82, 2.24) is 9.80 Å². The van der Waals surface area contributed by atoms with Crippen molar-refractivity contribution in [2.45, 2.75) is 13.5 Å². The minimum absolute atomic E-state index is 0.0136. The molecule has 1 aliphatic rings. The molecule has 132 valence electrons. The summed E-state index contributed by atoms with van der Waals surface area (Å²) < 4.78 is 0. The Morgan fingerprint density at radius 3 is 2.31 bits per heavy atom. The van der Waals surface area contributed by atoms with E-state index in [9.17, 15) is 19.2 Å². The maximum absolute atomic E-state index is 12.4. The van der Waals surface area contributed by atoms with Gasteiger partial charge in [-0.2, -0.15) is 0 Å². The number of aryl methyl sites for hydroxylation is 1. The van der Waals surface area contributed by atoms with Crippen LogP contribution in [0.2, 0.25) is 0 Å². The number of amides is 5. The third-order valence-corrected chi connectivity index (χ3v) is 3.92. The van der Waals surface area contributed by atoms with Crippen LogP contribution in [-0.2, 0) is 20.9 Å². The van der Waals surface area contributed by atoms with Crippen LogP contribution >= 0.6 is 0 Å². The maximum Gasteiger partial charge on any atom is 0.335 e. The molecule has 5 amide bonds. The van der Waals surface area contributed by atoms with Crippen LogP contribution in [0.4, 0.5) is 10.5 Å². The Morgan fingerprint density at radius 1 is 0.923 bits per heavy atom. The lowest BCUT2D eigenvalue weighted by Gasteiger charge is -2.15. The molecule has 0 atom stereocenters. The van der Waals surface area contributed by atoms with Crippen LogP contribution in [0.3, 0.4) is 0 Å². The third-order valence-electron chi connectivity index (χ3n) is 3.92. The first-order chi connectivity index (χ1) is 12.5. The van der Waals surface area contributed by atoms with Crippen molar-refractivity contribution in [2.24, 2.45) is 0 Å². The zero-order chi connectivity index (χ0) is 18.7. The van der Waals surface area contributed by atoms with Crippen LogP contribution in [0, 0.1) is 6.92 Å². The third kappa shape index (κ3) is 3.61. The van der Waals surface area contributed by atoms with Gasteiger partial charge in [0, 0.05) is 5.69 Å². The van der Waals surface area contributed by atoms with E-state index < -0.39 is 30.3 Å². The highest BCUT2D eigenvalue weighted by molar-refractivity contribution is 6.45. The highest BCUT2D eigenvalue weighted by atomic mass is 16.2. The minimum atomic E-state index is -0.995. The molecule has 1 aliphatic heterocycles. The molecule has 2 aromatic rings. The van der Waals surface area contributed by atoms with Crippen LogP contribution in [0.1, 0.15) is 11.1 Å². The van der Waals surface area contributed by atoms with Crippen molar-refractivity contribution in [1.29, 1.82) is 0 Å². The predicted octanol–water partition coefficient (Wildman–Crippen LogP) is 1.92. The van der Waals surface area contributed by atoms with Crippen molar-refractivity contribution in [2.75, 3.05) is 11.9 Å². The molecule has 0 saturated carbocycles. The molecule has 0 spiro atoms. The van der Waals surface area contributed by atoms with E-state index in [0.29, 0.717) is 16.2 Å². The van der Waals surface area contributed by atoms with Crippen LogP contribution in [0.25, 0.3) is 0 Å². The van der Waals surface area contributed by atoms with Crippen LogP contribution in [0.5, 0.6) is 0 Å². The Bertz CT molecular complexity index is 879. The quantitative estimate of drug-likeness (QED) is 0.659. The van der Waals surface area contributed by atoms with E-state index in [1.807, 2.05) is 19.1 Å². The van der Waals surface area contributed by atoms with Gasteiger partial charge in [-0.1, -0.05) is 42.5 Å². The lowest BCUT2D eigenvalue weighted by Crippen LogP contribution is -2.38. The van der Waals surface area contributed by atoms with Gasteiger partial charge in [-0.05, 0) is 30.2 Å². The fourth-order valence-electron chi connectivity index (χ4n) is 2.66.